The second-order valence-corrected chi connectivity index (χ2v) is 6.85. The number of hydrogen-bond acceptors (Lipinski definition) is 5. The van der Waals surface area contributed by atoms with E-state index in [-0.39, 0.29) is 6.61 Å². The summed E-state index contributed by atoms with van der Waals surface area (Å²) in [5.41, 5.74) is 2.47. The fraction of sp³-hybridized carbons (Fsp3) is 0.478. The van der Waals surface area contributed by atoms with E-state index in [0.29, 0.717) is 18.0 Å². The second-order valence-electron chi connectivity index (χ2n) is 6.85. The molecule has 0 aliphatic rings. The Morgan fingerprint density at radius 2 is 1.75 bits per heavy atom. The highest BCUT2D eigenvalue weighted by molar-refractivity contribution is 5.43. The summed E-state index contributed by atoms with van der Waals surface area (Å²) < 4.78 is 11.3. The molecule has 0 aromatic heterocycles. The van der Waals surface area contributed by atoms with Crippen LogP contribution in [0.1, 0.15) is 25.0 Å². The summed E-state index contributed by atoms with van der Waals surface area (Å²) >= 11 is 0. The van der Waals surface area contributed by atoms with Crippen LogP contribution in [0.5, 0.6) is 11.5 Å². The maximum Gasteiger partial charge on any atom is 0.161 e. The van der Waals surface area contributed by atoms with Crippen molar-refractivity contribution in [3.8, 4) is 11.5 Å². The van der Waals surface area contributed by atoms with Gasteiger partial charge in [0.05, 0.1) is 7.11 Å². The van der Waals surface area contributed by atoms with Gasteiger partial charge in [-0.25, -0.2) is 0 Å². The summed E-state index contributed by atoms with van der Waals surface area (Å²) in [6.07, 6.45) is 0.479. The van der Waals surface area contributed by atoms with Gasteiger partial charge in [0.1, 0.15) is 12.7 Å². The fourth-order valence-corrected chi connectivity index (χ4v) is 3.07. The molecule has 5 heteroatoms. The second kappa shape index (κ2) is 12.4. The quantitative estimate of drug-likeness (QED) is 0.518. The first kappa shape index (κ1) is 22.2. The highest BCUT2D eigenvalue weighted by atomic mass is 16.5. The van der Waals surface area contributed by atoms with Crippen molar-refractivity contribution in [2.45, 2.75) is 32.9 Å². The monoisotopic (exact) mass is 386 g/mol. The summed E-state index contributed by atoms with van der Waals surface area (Å²) in [4.78, 5) is 2.18. The minimum Gasteiger partial charge on any atom is -0.493 e. The number of likely N-dealkylation sites (N-methyl/N-ethyl adjacent to an activating group) is 1. The van der Waals surface area contributed by atoms with E-state index in [2.05, 4.69) is 48.3 Å². The van der Waals surface area contributed by atoms with Crippen LogP contribution < -0.4 is 14.8 Å². The third kappa shape index (κ3) is 7.50. The molecule has 0 aliphatic heterocycles. The van der Waals surface area contributed by atoms with Gasteiger partial charge in [-0.1, -0.05) is 50.2 Å². The fourth-order valence-electron chi connectivity index (χ4n) is 3.07. The van der Waals surface area contributed by atoms with E-state index in [9.17, 15) is 5.11 Å². The molecule has 0 aliphatic carbocycles. The molecule has 0 amide bonds. The first-order chi connectivity index (χ1) is 13.7. The number of nitrogens with zero attached hydrogens (tertiary/aromatic N) is 1. The molecule has 2 rings (SSSR count). The Bertz CT molecular complexity index is 675. The molecule has 1 unspecified atom stereocenters. The normalized spacial score (nSPS) is 12.2. The van der Waals surface area contributed by atoms with E-state index in [1.807, 2.05) is 24.3 Å². The van der Waals surface area contributed by atoms with Crippen molar-refractivity contribution >= 4 is 0 Å². The highest BCUT2D eigenvalue weighted by Gasteiger charge is 2.12. The van der Waals surface area contributed by atoms with Crippen molar-refractivity contribution in [3.05, 3.63) is 59.7 Å². The van der Waals surface area contributed by atoms with Gasteiger partial charge in [0.15, 0.2) is 11.5 Å². The number of nitrogens with one attached hydrogen (secondary N) is 1. The number of benzene rings is 2. The van der Waals surface area contributed by atoms with Crippen LogP contribution in [-0.4, -0.2) is 56.0 Å². The number of hydrogen-bond donors (Lipinski definition) is 2. The SMILES string of the molecule is CCN(CC)CC(O)COc1ccc(CNCCc2ccccc2)cc1OC. The van der Waals surface area contributed by atoms with Gasteiger partial charge in [0, 0.05) is 13.1 Å². The largest absolute Gasteiger partial charge is 0.493 e. The number of rotatable bonds is 13. The highest BCUT2D eigenvalue weighted by Crippen LogP contribution is 2.28. The average Bonchev–Trinajstić information content (AvgIpc) is 2.74. The first-order valence-electron chi connectivity index (χ1n) is 10.1. The Morgan fingerprint density at radius 1 is 1.00 bits per heavy atom. The van der Waals surface area contributed by atoms with Gasteiger partial charge in [0.2, 0.25) is 0 Å². The molecule has 2 aromatic carbocycles. The molecule has 28 heavy (non-hydrogen) atoms. The van der Waals surface area contributed by atoms with Crippen LogP contribution in [0.15, 0.2) is 48.5 Å². The van der Waals surface area contributed by atoms with Crippen molar-refractivity contribution in [1.82, 2.24) is 10.2 Å². The van der Waals surface area contributed by atoms with E-state index in [0.717, 1.165) is 38.2 Å². The third-order valence-corrected chi connectivity index (χ3v) is 4.79. The van der Waals surface area contributed by atoms with E-state index in [1.165, 1.54) is 5.56 Å². The number of ether oxygens (including phenoxy) is 2. The van der Waals surface area contributed by atoms with E-state index in [4.69, 9.17) is 9.47 Å². The van der Waals surface area contributed by atoms with Crippen LogP contribution in [0.4, 0.5) is 0 Å². The lowest BCUT2D eigenvalue weighted by Crippen LogP contribution is -2.35. The van der Waals surface area contributed by atoms with Gasteiger partial charge in [-0.3, -0.25) is 0 Å². The van der Waals surface area contributed by atoms with Crippen LogP contribution in [0, 0.1) is 0 Å². The van der Waals surface area contributed by atoms with Crippen molar-refractivity contribution in [2.75, 3.05) is 39.9 Å². The topological polar surface area (TPSA) is 54.0 Å². The van der Waals surface area contributed by atoms with E-state index < -0.39 is 6.10 Å². The zero-order valence-electron chi connectivity index (χ0n) is 17.4. The Kier molecular flexibility index (Phi) is 9.83. The molecule has 0 bridgehead atoms. The van der Waals surface area contributed by atoms with Crippen molar-refractivity contribution in [1.29, 1.82) is 0 Å². The molecule has 0 fully saturated rings. The number of aliphatic hydroxyl groups is 1. The van der Waals surface area contributed by atoms with E-state index in [1.54, 1.807) is 7.11 Å². The smallest absolute Gasteiger partial charge is 0.161 e. The zero-order chi connectivity index (χ0) is 20.2. The predicted octanol–water partition coefficient (Wildman–Crippen LogP) is 3.11. The van der Waals surface area contributed by atoms with Gasteiger partial charge in [-0.15, -0.1) is 0 Å². The lowest BCUT2D eigenvalue weighted by Gasteiger charge is -2.22. The number of methoxy groups -OCH3 is 1. The molecule has 5 nitrogen and oxygen atoms in total. The molecule has 0 saturated carbocycles. The molecule has 0 heterocycles. The summed E-state index contributed by atoms with van der Waals surface area (Å²) in [5, 5.41) is 13.6. The van der Waals surface area contributed by atoms with Crippen LogP contribution in [0.2, 0.25) is 0 Å². The van der Waals surface area contributed by atoms with Crippen molar-refractivity contribution < 1.29 is 14.6 Å². The maximum atomic E-state index is 10.2. The Hall–Kier alpha value is -2.08. The van der Waals surface area contributed by atoms with Gasteiger partial charge in [-0.05, 0) is 49.3 Å². The van der Waals surface area contributed by atoms with Crippen LogP contribution >= 0.6 is 0 Å². The average molecular weight is 387 g/mol. The molecular weight excluding hydrogens is 352 g/mol. The number of aliphatic hydroxyl groups excluding tert-OH is 1. The molecule has 1 atom stereocenters. The van der Waals surface area contributed by atoms with Gasteiger partial charge >= 0.3 is 0 Å². The molecule has 2 N–H and O–H groups in total. The molecule has 0 radical (unpaired) electrons. The Morgan fingerprint density at radius 3 is 2.43 bits per heavy atom. The maximum absolute atomic E-state index is 10.2. The summed E-state index contributed by atoms with van der Waals surface area (Å²) in [5.74, 6) is 1.35. The van der Waals surface area contributed by atoms with Crippen LogP contribution in [-0.2, 0) is 13.0 Å². The van der Waals surface area contributed by atoms with Crippen LogP contribution in [0.25, 0.3) is 0 Å². The molecule has 2 aromatic rings. The van der Waals surface area contributed by atoms with Gasteiger partial charge in [-0.2, -0.15) is 0 Å². The first-order valence-corrected chi connectivity index (χ1v) is 10.1. The predicted molar refractivity (Wildman–Crippen MR) is 114 cm³/mol. The van der Waals surface area contributed by atoms with Crippen LogP contribution in [0.3, 0.4) is 0 Å². The van der Waals surface area contributed by atoms with Crippen molar-refractivity contribution in [2.24, 2.45) is 0 Å². The van der Waals surface area contributed by atoms with Gasteiger partial charge in [0.25, 0.3) is 0 Å². The minimum atomic E-state index is -0.524. The molecular formula is C23H34N2O3. The summed E-state index contributed by atoms with van der Waals surface area (Å²) in [7, 11) is 1.64. The summed E-state index contributed by atoms with van der Waals surface area (Å²) in [6.45, 7) is 8.57. The lowest BCUT2D eigenvalue weighted by atomic mass is 10.1. The lowest BCUT2D eigenvalue weighted by molar-refractivity contribution is 0.0705. The standard InChI is InChI=1S/C23H34N2O3/c1-4-25(5-2)17-21(26)18-28-22-12-11-20(15-23(22)27-3)16-24-14-13-19-9-7-6-8-10-19/h6-12,15,21,24,26H,4-5,13-14,16-18H2,1-3H3. The Labute approximate surface area is 169 Å². The van der Waals surface area contributed by atoms with Crippen molar-refractivity contribution in [3.63, 3.8) is 0 Å². The summed E-state index contributed by atoms with van der Waals surface area (Å²) in [6, 6.07) is 16.4. The molecule has 0 saturated heterocycles. The Balaban J connectivity index is 1.80. The third-order valence-electron chi connectivity index (χ3n) is 4.79. The molecule has 154 valence electrons. The minimum absolute atomic E-state index is 0.252. The van der Waals surface area contributed by atoms with Gasteiger partial charge < -0.3 is 24.8 Å². The molecule has 0 spiro atoms. The van der Waals surface area contributed by atoms with E-state index >= 15 is 0 Å². The zero-order valence-corrected chi connectivity index (χ0v) is 17.4.